The Kier molecular flexibility index (Phi) is 2.65. The van der Waals surface area contributed by atoms with Gasteiger partial charge in [-0.15, -0.1) is 0 Å². The minimum absolute atomic E-state index is 0.166. The van der Waals surface area contributed by atoms with Crippen molar-refractivity contribution in [3.63, 3.8) is 0 Å². The second-order valence-corrected chi connectivity index (χ2v) is 2.76. The molecule has 0 spiro atoms. The lowest BCUT2D eigenvalue weighted by Crippen LogP contribution is -2.11. The molecular weight excluding hydrogens is 155 g/mol. The van der Waals surface area contributed by atoms with E-state index in [1.54, 1.807) is 12.1 Å². The first-order chi connectivity index (χ1) is 5.66. The third-order valence-electron chi connectivity index (χ3n) is 1.93. The first kappa shape index (κ1) is 9.00. The van der Waals surface area contributed by atoms with Gasteiger partial charge >= 0.3 is 0 Å². The fourth-order valence-electron chi connectivity index (χ4n) is 1.10. The Hall–Kier alpha value is -1.09. The summed E-state index contributed by atoms with van der Waals surface area (Å²) in [7, 11) is 0. The maximum atomic E-state index is 12.9. The van der Waals surface area contributed by atoms with Crippen molar-refractivity contribution < 1.29 is 4.39 Å². The molecule has 0 bridgehead atoms. The lowest BCUT2D eigenvalue weighted by Gasteiger charge is -2.11. The number of halogens is 1. The molecule has 12 heavy (non-hydrogen) atoms. The van der Waals surface area contributed by atoms with Crippen LogP contribution in [0.2, 0.25) is 0 Å². The highest BCUT2D eigenvalue weighted by molar-refractivity contribution is 5.49. The van der Waals surface area contributed by atoms with E-state index in [-0.39, 0.29) is 11.7 Å². The van der Waals surface area contributed by atoms with Crippen molar-refractivity contribution in [1.29, 1.82) is 0 Å². The maximum Gasteiger partial charge on any atom is 0.146 e. The third kappa shape index (κ3) is 1.56. The number of anilines is 1. The van der Waals surface area contributed by atoms with Gasteiger partial charge in [0, 0.05) is 6.04 Å². The summed E-state index contributed by atoms with van der Waals surface area (Å²) in [6, 6.07) is 4.55. The average molecular weight is 168 g/mol. The highest BCUT2D eigenvalue weighted by Crippen LogP contribution is 2.22. The minimum atomic E-state index is -0.392. The monoisotopic (exact) mass is 168 g/mol. The normalized spacial score (nSPS) is 12.9. The molecule has 1 aromatic rings. The molecule has 0 aliphatic rings. The second-order valence-electron chi connectivity index (χ2n) is 2.76. The van der Waals surface area contributed by atoms with Gasteiger partial charge in [0.25, 0.3) is 0 Å². The van der Waals surface area contributed by atoms with E-state index in [1.165, 1.54) is 6.07 Å². The molecule has 0 saturated carbocycles. The van der Waals surface area contributed by atoms with Crippen LogP contribution in [0.5, 0.6) is 0 Å². The molecule has 0 aliphatic carbocycles. The highest BCUT2D eigenvalue weighted by Gasteiger charge is 2.09. The van der Waals surface area contributed by atoms with Crippen molar-refractivity contribution in [2.75, 3.05) is 5.73 Å². The van der Waals surface area contributed by atoms with Gasteiger partial charge in [-0.3, -0.25) is 0 Å². The number of nitrogens with two attached hydrogens (primary N) is 2. The molecule has 1 aromatic carbocycles. The minimum Gasteiger partial charge on any atom is -0.396 e. The molecule has 0 saturated heterocycles. The van der Waals surface area contributed by atoms with Crippen LogP contribution < -0.4 is 11.5 Å². The Balaban J connectivity index is 3.07. The maximum absolute atomic E-state index is 12.9. The summed E-state index contributed by atoms with van der Waals surface area (Å²) >= 11 is 0. The number of benzene rings is 1. The van der Waals surface area contributed by atoms with Crippen LogP contribution in [0, 0.1) is 5.82 Å². The molecule has 2 nitrogen and oxygen atoms in total. The van der Waals surface area contributed by atoms with Crippen molar-refractivity contribution >= 4 is 5.69 Å². The second kappa shape index (κ2) is 3.54. The summed E-state index contributed by atoms with van der Waals surface area (Å²) in [6.07, 6.45) is 0.758. The van der Waals surface area contributed by atoms with Crippen molar-refractivity contribution in [3.05, 3.63) is 29.6 Å². The zero-order valence-corrected chi connectivity index (χ0v) is 7.05. The van der Waals surface area contributed by atoms with Gasteiger partial charge in [0.1, 0.15) is 5.82 Å². The Bertz CT molecular complexity index is 273. The van der Waals surface area contributed by atoms with Gasteiger partial charge in [0.15, 0.2) is 0 Å². The Morgan fingerprint density at radius 2 is 2.17 bits per heavy atom. The van der Waals surface area contributed by atoms with Gasteiger partial charge in [-0.25, -0.2) is 4.39 Å². The number of hydrogen-bond acceptors (Lipinski definition) is 2. The van der Waals surface area contributed by atoms with Crippen LogP contribution in [-0.4, -0.2) is 0 Å². The number of rotatable bonds is 2. The molecule has 66 valence electrons. The van der Waals surface area contributed by atoms with Crippen molar-refractivity contribution in [1.82, 2.24) is 0 Å². The molecule has 0 heterocycles. The predicted octanol–water partition coefficient (Wildman–Crippen LogP) is 1.82. The summed E-state index contributed by atoms with van der Waals surface area (Å²) in [4.78, 5) is 0. The molecule has 0 fully saturated rings. The van der Waals surface area contributed by atoms with E-state index >= 15 is 0 Å². The van der Waals surface area contributed by atoms with Gasteiger partial charge in [0.2, 0.25) is 0 Å². The molecule has 0 aromatic heterocycles. The Morgan fingerprint density at radius 1 is 1.50 bits per heavy atom. The fourth-order valence-corrected chi connectivity index (χ4v) is 1.10. The smallest absolute Gasteiger partial charge is 0.146 e. The first-order valence-corrected chi connectivity index (χ1v) is 3.96. The highest BCUT2D eigenvalue weighted by atomic mass is 19.1. The SMILES string of the molecule is CC[C@H](N)c1cccc(F)c1N. The number of hydrogen-bond donors (Lipinski definition) is 2. The van der Waals surface area contributed by atoms with Crippen LogP contribution in [0.4, 0.5) is 10.1 Å². The third-order valence-corrected chi connectivity index (χ3v) is 1.93. The number of para-hydroxylation sites is 1. The van der Waals surface area contributed by atoms with E-state index in [0.29, 0.717) is 5.56 Å². The van der Waals surface area contributed by atoms with Crippen LogP contribution in [0.1, 0.15) is 24.9 Å². The van der Waals surface area contributed by atoms with Gasteiger partial charge in [-0.1, -0.05) is 19.1 Å². The predicted molar refractivity (Wildman–Crippen MR) is 48.0 cm³/mol. The van der Waals surface area contributed by atoms with E-state index < -0.39 is 5.82 Å². The van der Waals surface area contributed by atoms with Crippen LogP contribution in [0.3, 0.4) is 0 Å². The summed E-state index contributed by atoms with van der Waals surface area (Å²) in [6.45, 7) is 1.94. The molecule has 3 heteroatoms. The van der Waals surface area contributed by atoms with E-state index in [0.717, 1.165) is 6.42 Å². The zero-order valence-electron chi connectivity index (χ0n) is 7.05. The van der Waals surface area contributed by atoms with Crippen LogP contribution in [0.25, 0.3) is 0 Å². The molecular formula is C9H13FN2. The Morgan fingerprint density at radius 3 is 2.75 bits per heavy atom. The van der Waals surface area contributed by atoms with E-state index in [4.69, 9.17) is 11.5 Å². The van der Waals surface area contributed by atoms with E-state index in [2.05, 4.69) is 0 Å². The molecule has 0 unspecified atom stereocenters. The first-order valence-electron chi connectivity index (χ1n) is 3.96. The van der Waals surface area contributed by atoms with Crippen molar-refractivity contribution in [2.24, 2.45) is 5.73 Å². The van der Waals surface area contributed by atoms with Gasteiger partial charge in [0.05, 0.1) is 5.69 Å². The van der Waals surface area contributed by atoms with Crippen molar-refractivity contribution in [2.45, 2.75) is 19.4 Å². The van der Waals surface area contributed by atoms with Gasteiger partial charge < -0.3 is 11.5 Å². The molecule has 1 atom stereocenters. The van der Waals surface area contributed by atoms with Crippen LogP contribution in [-0.2, 0) is 0 Å². The van der Waals surface area contributed by atoms with E-state index in [1.807, 2.05) is 6.92 Å². The standard InChI is InChI=1S/C9H13FN2/c1-2-8(11)6-4-3-5-7(10)9(6)12/h3-5,8H,2,11-12H2,1H3/t8-/m0/s1. The zero-order chi connectivity index (χ0) is 9.14. The molecule has 4 N–H and O–H groups in total. The van der Waals surface area contributed by atoms with Crippen LogP contribution in [0.15, 0.2) is 18.2 Å². The summed E-state index contributed by atoms with van der Waals surface area (Å²) < 4.78 is 12.9. The molecule has 1 rings (SSSR count). The molecule has 0 aliphatic heterocycles. The largest absolute Gasteiger partial charge is 0.396 e. The van der Waals surface area contributed by atoms with Crippen LogP contribution >= 0.6 is 0 Å². The van der Waals surface area contributed by atoms with E-state index in [9.17, 15) is 4.39 Å². The summed E-state index contributed by atoms with van der Waals surface area (Å²) in [5.74, 6) is -0.392. The lowest BCUT2D eigenvalue weighted by atomic mass is 10.0. The quantitative estimate of drug-likeness (QED) is 0.662. The molecule has 0 radical (unpaired) electrons. The Labute approximate surface area is 71.4 Å². The van der Waals surface area contributed by atoms with Gasteiger partial charge in [-0.05, 0) is 18.1 Å². The average Bonchev–Trinajstić information content (AvgIpc) is 2.08. The topological polar surface area (TPSA) is 52.0 Å². The lowest BCUT2D eigenvalue weighted by molar-refractivity contribution is 0.623. The number of nitrogen functional groups attached to an aromatic ring is 1. The fraction of sp³-hybridized carbons (Fsp3) is 0.333. The molecule has 0 amide bonds. The summed E-state index contributed by atoms with van der Waals surface area (Å²) in [5, 5.41) is 0. The van der Waals surface area contributed by atoms with Crippen molar-refractivity contribution in [3.8, 4) is 0 Å². The van der Waals surface area contributed by atoms with Gasteiger partial charge in [-0.2, -0.15) is 0 Å². The summed E-state index contributed by atoms with van der Waals surface area (Å²) in [5.41, 5.74) is 12.1.